The Morgan fingerprint density at radius 2 is 1.95 bits per heavy atom. The SMILES string of the molecule is CCN(Cc1cc(C)c(CNC(C)(C)C)o1)CC(C)C. The summed E-state index contributed by atoms with van der Waals surface area (Å²) in [6, 6.07) is 2.18. The van der Waals surface area contributed by atoms with E-state index in [1.54, 1.807) is 0 Å². The maximum absolute atomic E-state index is 6.02. The Morgan fingerprint density at radius 3 is 2.45 bits per heavy atom. The number of furan rings is 1. The molecule has 0 fully saturated rings. The molecule has 20 heavy (non-hydrogen) atoms. The van der Waals surface area contributed by atoms with Crippen molar-refractivity contribution in [2.75, 3.05) is 13.1 Å². The van der Waals surface area contributed by atoms with Crippen LogP contribution in [-0.2, 0) is 13.1 Å². The molecule has 1 heterocycles. The molecule has 0 aliphatic heterocycles. The molecule has 0 spiro atoms. The van der Waals surface area contributed by atoms with E-state index in [1.807, 2.05) is 0 Å². The van der Waals surface area contributed by atoms with Crippen molar-refractivity contribution in [1.82, 2.24) is 10.2 Å². The van der Waals surface area contributed by atoms with Crippen molar-refractivity contribution >= 4 is 0 Å². The van der Waals surface area contributed by atoms with Crippen LogP contribution in [0.25, 0.3) is 0 Å². The average molecular weight is 280 g/mol. The minimum atomic E-state index is 0.118. The zero-order valence-electron chi connectivity index (χ0n) is 14.3. The lowest BCUT2D eigenvalue weighted by Crippen LogP contribution is -2.35. The van der Waals surface area contributed by atoms with E-state index in [0.29, 0.717) is 5.92 Å². The molecule has 3 heteroatoms. The van der Waals surface area contributed by atoms with Crippen molar-refractivity contribution in [3.8, 4) is 0 Å². The molecular weight excluding hydrogens is 248 g/mol. The zero-order chi connectivity index (χ0) is 15.3. The summed E-state index contributed by atoms with van der Waals surface area (Å²) in [5.74, 6) is 2.83. The molecule has 1 N–H and O–H groups in total. The van der Waals surface area contributed by atoms with E-state index in [9.17, 15) is 0 Å². The van der Waals surface area contributed by atoms with E-state index in [4.69, 9.17) is 4.42 Å². The van der Waals surface area contributed by atoms with Gasteiger partial charge in [0.2, 0.25) is 0 Å². The van der Waals surface area contributed by atoms with Gasteiger partial charge in [-0.15, -0.1) is 0 Å². The molecule has 0 saturated carbocycles. The molecule has 0 atom stereocenters. The van der Waals surface area contributed by atoms with E-state index >= 15 is 0 Å². The molecule has 0 aromatic carbocycles. The van der Waals surface area contributed by atoms with Gasteiger partial charge >= 0.3 is 0 Å². The van der Waals surface area contributed by atoms with Gasteiger partial charge in [-0.05, 0) is 51.8 Å². The molecule has 1 rings (SSSR count). The van der Waals surface area contributed by atoms with Gasteiger partial charge in [-0.2, -0.15) is 0 Å². The fraction of sp³-hybridized carbons (Fsp3) is 0.765. The van der Waals surface area contributed by atoms with E-state index < -0.39 is 0 Å². The van der Waals surface area contributed by atoms with Crippen molar-refractivity contribution in [2.45, 2.75) is 67.1 Å². The largest absolute Gasteiger partial charge is 0.463 e. The lowest BCUT2D eigenvalue weighted by Gasteiger charge is -2.21. The van der Waals surface area contributed by atoms with Crippen LogP contribution >= 0.6 is 0 Å². The van der Waals surface area contributed by atoms with Crippen LogP contribution in [0.5, 0.6) is 0 Å². The van der Waals surface area contributed by atoms with Gasteiger partial charge in [-0.25, -0.2) is 0 Å². The van der Waals surface area contributed by atoms with Gasteiger partial charge in [0.15, 0.2) is 0 Å². The van der Waals surface area contributed by atoms with Crippen molar-refractivity contribution in [2.24, 2.45) is 5.92 Å². The standard InChI is InChI=1S/C17H32N2O/c1-8-19(11-13(2)3)12-15-9-14(4)16(20-15)10-18-17(5,6)7/h9,13,18H,8,10-12H2,1-7H3. The van der Waals surface area contributed by atoms with Gasteiger partial charge in [-0.3, -0.25) is 4.90 Å². The molecular formula is C17H32N2O. The van der Waals surface area contributed by atoms with E-state index in [1.165, 1.54) is 5.56 Å². The maximum Gasteiger partial charge on any atom is 0.120 e. The first-order valence-corrected chi connectivity index (χ1v) is 7.76. The van der Waals surface area contributed by atoms with Crippen LogP contribution in [0, 0.1) is 12.8 Å². The number of aryl methyl sites for hydroxylation is 1. The van der Waals surface area contributed by atoms with Crippen LogP contribution in [0.2, 0.25) is 0 Å². The van der Waals surface area contributed by atoms with Crippen molar-refractivity contribution in [1.29, 1.82) is 0 Å². The van der Waals surface area contributed by atoms with Crippen molar-refractivity contribution < 1.29 is 4.42 Å². The van der Waals surface area contributed by atoms with E-state index in [-0.39, 0.29) is 5.54 Å². The summed E-state index contributed by atoms with van der Waals surface area (Å²) in [6.45, 7) is 19.3. The highest BCUT2D eigenvalue weighted by molar-refractivity contribution is 5.20. The molecule has 3 nitrogen and oxygen atoms in total. The summed E-state index contributed by atoms with van der Waals surface area (Å²) in [7, 11) is 0. The van der Waals surface area contributed by atoms with Crippen molar-refractivity contribution in [3.05, 3.63) is 23.2 Å². The molecule has 0 aliphatic rings. The first-order valence-electron chi connectivity index (χ1n) is 7.76. The van der Waals surface area contributed by atoms with E-state index in [0.717, 1.165) is 37.7 Å². The Labute approximate surface area is 124 Å². The number of rotatable bonds is 7. The van der Waals surface area contributed by atoms with E-state index in [2.05, 4.69) is 64.7 Å². The predicted octanol–water partition coefficient (Wildman–Crippen LogP) is 3.95. The molecule has 0 unspecified atom stereocenters. The molecule has 0 amide bonds. The third-order valence-electron chi connectivity index (χ3n) is 3.30. The number of hydrogen-bond donors (Lipinski definition) is 1. The van der Waals surface area contributed by atoms with Gasteiger partial charge in [0, 0.05) is 12.1 Å². The van der Waals surface area contributed by atoms with Crippen LogP contribution in [0.1, 0.15) is 58.6 Å². The average Bonchev–Trinajstić information content (AvgIpc) is 2.64. The highest BCUT2D eigenvalue weighted by Crippen LogP contribution is 2.17. The number of nitrogens with zero attached hydrogens (tertiary/aromatic N) is 1. The summed E-state index contributed by atoms with van der Waals surface area (Å²) in [4.78, 5) is 2.43. The summed E-state index contributed by atoms with van der Waals surface area (Å²) < 4.78 is 6.02. The highest BCUT2D eigenvalue weighted by atomic mass is 16.3. The molecule has 0 saturated heterocycles. The zero-order valence-corrected chi connectivity index (χ0v) is 14.3. The van der Waals surface area contributed by atoms with Crippen LogP contribution in [-0.4, -0.2) is 23.5 Å². The first-order chi connectivity index (χ1) is 9.21. The summed E-state index contributed by atoms with van der Waals surface area (Å²) in [6.07, 6.45) is 0. The number of nitrogens with one attached hydrogen (secondary N) is 1. The van der Waals surface area contributed by atoms with Crippen LogP contribution in [0.15, 0.2) is 10.5 Å². The molecule has 0 bridgehead atoms. The minimum Gasteiger partial charge on any atom is -0.463 e. The predicted molar refractivity (Wildman–Crippen MR) is 85.8 cm³/mol. The van der Waals surface area contributed by atoms with Crippen LogP contribution < -0.4 is 5.32 Å². The first kappa shape index (κ1) is 17.3. The summed E-state index contributed by atoms with van der Waals surface area (Å²) >= 11 is 0. The van der Waals surface area contributed by atoms with Gasteiger partial charge in [-0.1, -0.05) is 20.8 Å². The molecule has 1 aromatic heterocycles. The summed E-state index contributed by atoms with van der Waals surface area (Å²) in [5, 5.41) is 3.48. The van der Waals surface area contributed by atoms with Gasteiger partial charge in [0.25, 0.3) is 0 Å². The lowest BCUT2D eigenvalue weighted by molar-refractivity contribution is 0.226. The molecule has 0 radical (unpaired) electrons. The third kappa shape index (κ3) is 6.10. The maximum atomic E-state index is 6.02. The Hall–Kier alpha value is -0.800. The Kier molecular flexibility index (Phi) is 6.28. The molecule has 116 valence electrons. The lowest BCUT2D eigenvalue weighted by atomic mass is 10.1. The topological polar surface area (TPSA) is 28.4 Å². The Balaban J connectivity index is 2.64. The quantitative estimate of drug-likeness (QED) is 0.819. The third-order valence-corrected chi connectivity index (χ3v) is 3.30. The fourth-order valence-electron chi connectivity index (χ4n) is 2.23. The second-order valence-corrected chi connectivity index (χ2v) is 7.14. The van der Waals surface area contributed by atoms with Gasteiger partial charge in [0.1, 0.15) is 11.5 Å². The smallest absolute Gasteiger partial charge is 0.120 e. The van der Waals surface area contributed by atoms with Gasteiger partial charge in [0.05, 0.1) is 13.1 Å². The molecule has 0 aliphatic carbocycles. The fourth-order valence-corrected chi connectivity index (χ4v) is 2.23. The summed E-state index contributed by atoms with van der Waals surface area (Å²) in [5.41, 5.74) is 1.37. The normalized spacial score (nSPS) is 12.7. The van der Waals surface area contributed by atoms with Gasteiger partial charge < -0.3 is 9.73 Å². The van der Waals surface area contributed by atoms with Crippen molar-refractivity contribution in [3.63, 3.8) is 0 Å². The monoisotopic (exact) mass is 280 g/mol. The van der Waals surface area contributed by atoms with Crippen LogP contribution in [0.4, 0.5) is 0 Å². The van der Waals surface area contributed by atoms with Crippen LogP contribution in [0.3, 0.4) is 0 Å². The second kappa shape index (κ2) is 7.28. The highest BCUT2D eigenvalue weighted by Gasteiger charge is 2.14. The minimum absolute atomic E-state index is 0.118. The Morgan fingerprint density at radius 1 is 1.30 bits per heavy atom. The second-order valence-electron chi connectivity index (χ2n) is 7.14. The Bertz CT molecular complexity index is 402. The molecule has 1 aromatic rings. The number of hydrogen-bond acceptors (Lipinski definition) is 3.